The molecule has 0 saturated heterocycles. The summed E-state index contributed by atoms with van der Waals surface area (Å²) in [5.74, 6) is 2.28. The van der Waals surface area contributed by atoms with Crippen LogP contribution in [0.3, 0.4) is 0 Å². The maximum Gasteiger partial charge on any atom is 0.216 e. The van der Waals surface area contributed by atoms with Crippen LogP contribution in [0.25, 0.3) is 0 Å². The van der Waals surface area contributed by atoms with E-state index in [2.05, 4.69) is 15.3 Å². The first-order valence-electron chi connectivity index (χ1n) is 8.22. The lowest BCUT2D eigenvalue weighted by Gasteiger charge is -2.19. The fourth-order valence-electron chi connectivity index (χ4n) is 2.98. The number of benzene rings is 1. The Hall–Kier alpha value is -1.95. The number of ether oxygens (including phenoxy) is 1. The molecule has 0 amide bonds. The highest BCUT2D eigenvalue weighted by molar-refractivity contribution is 7.71. The van der Waals surface area contributed by atoms with E-state index in [1.165, 1.54) is 19.3 Å². The van der Waals surface area contributed by atoms with Gasteiger partial charge in [-0.2, -0.15) is 14.9 Å². The Bertz CT molecular complexity index is 711. The van der Waals surface area contributed by atoms with Crippen LogP contribution in [-0.4, -0.2) is 27.7 Å². The van der Waals surface area contributed by atoms with Gasteiger partial charge in [0, 0.05) is 5.92 Å². The average Bonchev–Trinajstić information content (AvgIpc) is 2.96. The molecule has 1 saturated carbocycles. The minimum Gasteiger partial charge on any atom is -0.494 e. The summed E-state index contributed by atoms with van der Waals surface area (Å²) in [6, 6.07) is 7.86. The second-order valence-electron chi connectivity index (χ2n) is 5.78. The van der Waals surface area contributed by atoms with Gasteiger partial charge in [-0.3, -0.25) is 5.10 Å². The number of aromatic amines is 1. The molecule has 3 rings (SSSR count). The molecule has 0 unspecified atom stereocenters. The highest BCUT2D eigenvalue weighted by Gasteiger charge is 2.21. The van der Waals surface area contributed by atoms with Crippen LogP contribution < -0.4 is 4.74 Å². The Morgan fingerprint density at radius 2 is 2.04 bits per heavy atom. The van der Waals surface area contributed by atoms with E-state index in [-0.39, 0.29) is 0 Å². The van der Waals surface area contributed by atoms with Crippen LogP contribution >= 0.6 is 12.2 Å². The predicted molar refractivity (Wildman–Crippen MR) is 93.8 cm³/mol. The lowest BCUT2D eigenvalue weighted by molar-refractivity contribution is 0.340. The smallest absolute Gasteiger partial charge is 0.216 e. The Morgan fingerprint density at radius 3 is 2.74 bits per heavy atom. The maximum absolute atomic E-state index is 5.45. The fourth-order valence-corrected chi connectivity index (χ4v) is 3.17. The summed E-state index contributed by atoms with van der Waals surface area (Å²) in [5.41, 5.74) is 1.01. The third kappa shape index (κ3) is 3.88. The molecule has 5 nitrogen and oxygen atoms in total. The van der Waals surface area contributed by atoms with E-state index in [0.717, 1.165) is 30.0 Å². The van der Waals surface area contributed by atoms with Crippen molar-refractivity contribution >= 4 is 18.4 Å². The van der Waals surface area contributed by atoms with Gasteiger partial charge in [0.1, 0.15) is 5.75 Å². The first-order valence-corrected chi connectivity index (χ1v) is 8.63. The molecule has 0 bridgehead atoms. The van der Waals surface area contributed by atoms with Gasteiger partial charge in [-0.15, -0.1) is 0 Å². The van der Waals surface area contributed by atoms with Crippen LogP contribution in [0.1, 0.15) is 56.3 Å². The van der Waals surface area contributed by atoms with Crippen molar-refractivity contribution in [2.45, 2.75) is 44.9 Å². The van der Waals surface area contributed by atoms with Crippen molar-refractivity contribution in [1.29, 1.82) is 0 Å². The Morgan fingerprint density at radius 1 is 1.30 bits per heavy atom. The molecular weight excluding hydrogens is 308 g/mol. The molecule has 1 aliphatic rings. The van der Waals surface area contributed by atoms with Gasteiger partial charge in [-0.25, -0.2) is 0 Å². The SMILES string of the molecule is CCOc1ccc(C=Nn2c(C3CCCCC3)n[nH]c2=S)cc1. The quantitative estimate of drug-likeness (QED) is 0.658. The molecule has 1 aromatic carbocycles. The van der Waals surface area contributed by atoms with E-state index >= 15 is 0 Å². The molecule has 122 valence electrons. The minimum absolute atomic E-state index is 0.453. The lowest BCUT2D eigenvalue weighted by atomic mass is 9.89. The second-order valence-corrected chi connectivity index (χ2v) is 6.17. The van der Waals surface area contributed by atoms with Crippen molar-refractivity contribution in [3.63, 3.8) is 0 Å². The van der Waals surface area contributed by atoms with Gasteiger partial charge in [-0.1, -0.05) is 19.3 Å². The fraction of sp³-hybridized carbons (Fsp3) is 0.471. The zero-order valence-corrected chi connectivity index (χ0v) is 14.2. The lowest BCUT2D eigenvalue weighted by Crippen LogP contribution is -2.10. The third-order valence-corrected chi connectivity index (χ3v) is 4.42. The van der Waals surface area contributed by atoms with Crippen molar-refractivity contribution in [3.05, 3.63) is 40.4 Å². The molecule has 0 aliphatic heterocycles. The van der Waals surface area contributed by atoms with Crippen molar-refractivity contribution < 1.29 is 4.74 Å². The largest absolute Gasteiger partial charge is 0.494 e. The highest BCUT2D eigenvalue weighted by Crippen LogP contribution is 2.31. The molecule has 1 N–H and O–H groups in total. The first kappa shape index (κ1) is 15.9. The number of H-pyrrole nitrogens is 1. The first-order chi connectivity index (χ1) is 11.3. The summed E-state index contributed by atoms with van der Waals surface area (Å²) in [6.45, 7) is 2.64. The number of nitrogens with zero attached hydrogens (tertiary/aromatic N) is 3. The van der Waals surface area contributed by atoms with Crippen LogP contribution in [0.15, 0.2) is 29.4 Å². The van der Waals surface area contributed by atoms with Gasteiger partial charge in [0.25, 0.3) is 0 Å². The highest BCUT2D eigenvalue weighted by atomic mass is 32.1. The average molecular weight is 330 g/mol. The van der Waals surface area contributed by atoms with Crippen LogP contribution in [0.5, 0.6) is 5.75 Å². The van der Waals surface area contributed by atoms with Crippen LogP contribution in [0.2, 0.25) is 0 Å². The van der Waals surface area contributed by atoms with E-state index in [4.69, 9.17) is 17.0 Å². The summed E-state index contributed by atoms with van der Waals surface area (Å²) in [6.07, 6.45) is 7.97. The second kappa shape index (κ2) is 7.55. The molecule has 1 fully saturated rings. The molecule has 0 radical (unpaired) electrons. The molecule has 6 heteroatoms. The minimum atomic E-state index is 0.453. The van der Waals surface area contributed by atoms with Crippen LogP contribution in [-0.2, 0) is 0 Å². The molecule has 2 aromatic rings. The Labute approximate surface area is 141 Å². The van der Waals surface area contributed by atoms with Gasteiger partial charge >= 0.3 is 0 Å². The summed E-state index contributed by atoms with van der Waals surface area (Å²) in [4.78, 5) is 0. The number of hydrogen-bond donors (Lipinski definition) is 1. The van der Waals surface area contributed by atoms with Gasteiger partial charge in [0.15, 0.2) is 5.82 Å². The van der Waals surface area contributed by atoms with Crippen LogP contribution in [0.4, 0.5) is 0 Å². The van der Waals surface area contributed by atoms with Crippen molar-refractivity contribution in [2.24, 2.45) is 5.10 Å². The van der Waals surface area contributed by atoms with E-state index in [1.807, 2.05) is 37.4 Å². The van der Waals surface area contributed by atoms with Gasteiger partial charge in [0.05, 0.1) is 12.8 Å². The zero-order valence-electron chi connectivity index (χ0n) is 13.4. The molecule has 1 heterocycles. The number of aromatic nitrogens is 3. The maximum atomic E-state index is 5.45. The van der Waals surface area contributed by atoms with E-state index < -0.39 is 0 Å². The monoisotopic (exact) mass is 330 g/mol. The Balaban J connectivity index is 1.79. The molecule has 0 atom stereocenters. The normalized spacial score (nSPS) is 16.0. The number of nitrogens with one attached hydrogen (secondary N) is 1. The standard InChI is InChI=1S/C17H22N4OS/c1-2-22-15-10-8-13(9-11-15)12-18-21-16(19-20-17(21)23)14-6-4-3-5-7-14/h8-12,14H,2-7H2,1H3,(H,20,23). The zero-order chi connectivity index (χ0) is 16.1. The van der Waals surface area contributed by atoms with Gasteiger partial charge in [-0.05, 0) is 61.8 Å². The van der Waals surface area contributed by atoms with Crippen molar-refractivity contribution in [2.75, 3.05) is 6.61 Å². The van der Waals surface area contributed by atoms with E-state index in [1.54, 1.807) is 4.68 Å². The predicted octanol–water partition coefficient (Wildman–Crippen LogP) is 4.27. The molecule has 0 spiro atoms. The number of rotatable bonds is 5. The summed E-state index contributed by atoms with van der Waals surface area (Å²) < 4.78 is 7.76. The number of hydrogen-bond acceptors (Lipinski definition) is 4. The van der Waals surface area contributed by atoms with Crippen LogP contribution in [0, 0.1) is 4.77 Å². The van der Waals surface area contributed by atoms with E-state index in [9.17, 15) is 0 Å². The Kier molecular flexibility index (Phi) is 5.23. The molecular formula is C17H22N4OS. The van der Waals surface area contributed by atoms with Crippen molar-refractivity contribution in [3.8, 4) is 5.75 Å². The summed E-state index contributed by atoms with van der Waals surface area (Å²) >= 11 is 5.32. The summed E-state index contributed by atoms with van der Waals surface area (Å²) in [7, 11) is 0. The van der Waals surface area contributed by atoms with Gasteiger partial charge < -0.3 is 4.74 Å². The third-order valence-electron chi connectivity index (χ3n) is 4.16. The summed E-state index contributed by atoms with van der Waals surface area (Å²) in [5, 5.41) is 11.8. The molecule has 23 heavy (non-hydrogen) atoms. The molecule has 1 aromatic heterocycles. The topological polar surface area (TPSA) is 55.2 Å². The van der Waals surface area contributed by atoms with E-state index in [0.29, 0.717) is 17.3 Å². The molecule has 1 aliphatic carbocycles. The van der Waals surface area contributed by atoms with Gasteiger partial charge in [0.2, 0.25) is 4.77 Å². The van der Waals surface area contributed by atoms with Crippen molar-refractivity contribution in [1.82, 2.24) is 14.9 Å².